The molecule has 1 atom stereocenters. The highest BCUT2D eigenvalue weighted by atomic mass is 16.5. The Balaban J connectivity index is 4.41. The van der Waals surface area contributed by atoms with Crippen LogP contribution in [0.1, 0.15) is 20.3 Å². The number of methoxy groups -OCH3 is 2. The number of carboxylic acid groups (broad SMARTS) is 1. The smallest absolute Gasteiger partial charge is 0.310 e. The van der Waals surface area contributed by atoms with Crippen molar-refractivity contribution in [3.05, 3.63) is 0 Å². The fraction of sp³-hybridized carbons (Fsp3) is 0.917. The summed E-state index contributed by atoms with van der Waals surface area (Å²) in [7, 11) is 3.29. The van der Waals surface area contributed by atoms with Crippen LogP contribution in [0.25, 0.3) is 0 Å². The van der Waals surface area contributed by atoms with E-state index in [-0.39, 0.29) is 0 Å². The van der Waals surface area contributed by atoms with Crippen molar-refractivity contribution in [2.45, 2.75) is 20.3 Å². The molecule has 0 aliphatic heterocycles. The fourth-order valence-corrected chi connectivity index (χ4v) is 1.53. The molecule has 102 valence electrons. The molecule has 0 fully saturated rings. The molecular formula is C12H25NO4. The first-order valence-corrected chi connectivity index (χ1v) is 5.93. The average molecular weight is 247 g/mol. The molecular weight excluding hydrogens is 222 g/mol. The molecule has 1 unspecified atom stereocenters. The second-order valence-electron chi connectivity index (χ2n) is 4.48. The van der Waals surface area contributed by atoms with Gasteiger partial charge in [-0.25, -0.2) is 0 Å². The van der Waals surface area contributed by atoms with Gasteiger partial charge in [0.05, 0.1) is 18.6 Å². The quantitative estimate of drug-likeness (QED) is 0.626. The predicted molar refractivity (Wildman–Crippen MR) is 66.2 cm³/mol. The summed E-state index contributed by atoms with van der Waals surface area (Å²) >= 11 is 0. The van der Waals surface area contributed by atoms with Gasteiger partial charge in [-0.2, -0.15) is 0 Å². The van der Waals surface area contributed by atoms with Crippen molar-refractivity contribution in [1.29, 1.82) is 0 Å². The number of hydrogen-bond acceptors (Lipinski definition) is 4. The Kier molecular flexibility index (Phi) is 8.12. The van der Waals surface area contributed by atoms with Crippen LogP contribution in [0.15, 0.2) is 0 Å². The zero-order valence-corrected chi connectivity index (χ0v) is 11.4. The van der Waals surface area contributed by atoms with E-state index >= 15 is 0 Å². The second-order valence-corrected chi connectivity index (χ2v) is 4.48. The minimum absolute atomic E-state index is 0.519. The highest BCUT2D eigenvalue weighted by molar-refractivity contribution is 5.74. The normalized spacial score (nSPS) is 14.9. The van der Waals surface area contributed by atoms with Crippen LogP contribution in [0.3, 0.4) is 0 Å². The van der Waals surface area contributed by atoms with Crippen molar-refractivity contribution < 1.29 is 19.4 Å². The molecule has 0 aliphatic rings. The van der Waals surface area contributed by atoms with E-state index in [1.165, 1.54) is 0 Å². The van der Waals surface area contributed by atoms with Gasteiger partial charge in [-0.3, -0.25) is 9.69 Å². The van der Waals surface area contributed by atoms with E-state index in [1.54, 1.807) is 21.1 Å². The molecule has 0 spiro atoms. The van der Waals surface area contributed by atoms with Crippen LogP contribution in [0.2, 0.25) is 0 Å². The lowest BCUT2D eigenvalue weighted by molar-refractivity contribution is -0.149. The van der Waals surface area contributed by atoms with Crippen molar-refractivity contribution in [2.24, 2.45) is 5.41 Å². The Morgan fingerprint density at radius 2 is 1.71 bits per heavy atom. The zero-order valence-electron chi connectivity index (χ0n) is 11.4. The minimum Gasteiger partial charge on any atom is -0.481 e. The summed E-state index contributed by atoms with van der Waals surface area (Å²) in [4.78, 5) is 13.3. The van der Waals surface area contributed by atoms with Crippen LogP contribution in [-0.2, 0) is 14.3 Å². The SMILES string of the molecule is CCC(C)(CN(CCOC)CCOC)C(=O)O. The molecule has 0 saturated carbocycles. The van der Waals surface area contributed by atoms with E-state index in [1.807, 2.05) is 6.92 Å². The summed E-state index contributed by atoms with van der Waals surface area (Å²) in [6.45, 7) is 6.85. The summed E-state index contributed by atoms with van der Waals surface area (Å²) in [6, 6.07) is 0. The van der Waals surface area contributed by atoms with Gasteiger partial charge in [0.25, 0.3) is 0 Å². The predicted octanol–water partition coefficient (Wildman–Crippen LogP) is 1.08. The first-order chi connectivity index (χ1) is 8.00. The lowest BCUT2D eigenvalue weighted by Crippen LogP contribution is -2.43. The van der Waals surface area contributed by atoms with E-state index in [4.69, 9.17) is 9.47 Å². The Bertz CT molecular complexity index is 215. The van der Waals surface area contributed by atoms with Crippen LogP contribution in [-0.4, -0.2) is 63.0 Å². The number of carboxylic acids is 1. The first-order valence-electron chi connectivity index (χ1n) is 5.93. The van der Waals surface area contributed by atoms with Gasteiger partial charge in [0.15, 0.2) is 0 Å². The van der Waals surface area contributed by atoms with E-state index < -0.39 is 11.4 Å². The minimum atomic E-state index is -0.750. The number of carbonyl (C=O) groups is 1. The number of aliphatic carboxylic acids is 1. The largest absolute Gasteiger partial charge is 0.481 e. The molecule has 0 rings (SSSR count). The molecule has 0 bridgehead atoms. The van der Waals surface area contributed by atoms with Crippen molar-refractivity contribution >= 4 is 5.97 Å². The van der Waals surface area contributed by atoms with E-state index in [0.717, 1.165) is 13.1 Å². The third-order valence-electron chi connectivity index (χ3n) is 3.09. The Hall–Kier alpha value is -0.650. The summed E-state index contributed by atoms with van der Waals surface area (Å²) in [6.07, 6.45) is 0.610. The number of hydrogen-bond donors (Lipinski definition) is 1. The Morgan fingerprint density at radius 1 is 1.24 bits per heavy atom. The molecule has 5 heteroatoms. The molecule has 0 aromatic heterocycles. The maximum absolute atomic E-state index is 11.2. The van der Waals surface area contributed by atoms with Crippen molar-refractivity contribution in [2.75, 3.05) is 47.1 Å². The van der Waals surface area contributed by atoms with E-state index in [9.17, 15) is 9.90 Å². The van der Waals surface area contributed by atoms with Crippen LogP contribution >= 0.6 is 0 Å². The van der Waals surface area contributed by atoms with E-state index in [0.29, 0.717) is 26.2 Å². The molecule has 0 amide bonds. The maximum Gasteiger partial charge on any atom is 0.310 e. The van der Waals surface area contributed by atoms with Crippen molar-refractivity contribution in [3.8, 4) is 0 Å². The van der Waals surface area contributed by atoms with Crippen LogP contribution in [0.5, 0.6) is 0 Å². The second kappa shape index (κ2) is 8.44. The lowest BCUT2D eigenvalue weighted by Gasteiger charge is -2.31. The van der Waals surface area contributed by atoms with Crippen LogP contribution in [0, 0.1) is 5.41 Å². The average Bonchev–Trinajstić information content (AvgIpc) is 2.32. The monoisotopic (exact) mass is 247 g/mol. The van der Waals surface area contributed by atoms with Gasteiger partial charge < -0.3 is 14.6 Å². The maximum atomic E-state index is 11.2. The number of rotatable bonds is 10. The van der Waals surface area contributed by atoms with Crippen LogP contribution in [0.4, 0.5) is 0 Å². The van der Waals surface area contributed by atoms with Gasteiger partial charge >= 0.3 is 5.97 Å². The number of ether oxygens (including phenoxy) is 2. The van der Waals surface area contributed by atoms with Gasteiger partial charge in [-0.15, -0.1) is 0 Å². The summed E-state index contributed by atoms with van der Waals surface area (Å²) in [5.74, 6) is -0.750. The third-order valence-corrected chi connectivity index (χ3v) is 3.09. The molecule has 0 saturated heterocycles. The highest BCUT2D eigenvalue weighted by Crippen LogP contribution is 2.22. The van der Waals surface area contributed by atoms with E-state index in [2.05, 4.69) is 4.90 Å². The molecule has 0 aromatic carbocycles. The summed E-state index contributed by atoms with van der Waals surface area (Å²) in [5, 5.41) is 9.24. The molecule has 0 radical (unpaired) electrons. The first kappa shape index (κ1) is 16.4. The molecule has 0 aliphatic carbocycles. The lowest BCUT2D eigenvalue weighted by atomic mass is 9.87. The van der Waals surface area contributed by atoms with Gasteiger partial charge in [0, 0.05) is 33.9 Å². The van der Waals surface area contributed by atoms with Crippen molar-refractivity contribution in [3.63, 3.8) is 0 Å². The van der Waals surface area contributed by atoms with Gasteiger partial charge in [0.1, 0.15) is 0 Å². The van der Waals surface area contributed by atoms with Gasteiger partial charge in [-0.05, 0) is 13.3 Å². The molecule has 5 nitrogen and oxygen atoms in total. The summed E-state index contributed by atoms with van der Waals surface area (Å²) in [5.41, 5.74) is -0.707. The fourth-order valence-electron chi connectivity index (χ4n) is 1.53. The number of nitrogens with zero attached hydrogens (tertiary/aromatic N) is 1. The topological polar surface area (TPSA) is 59.0 Å². The van der Waals surface area contributed by atoms with Gasteiger partial charge in [0.2, 0.25) is 0 Å². The molecule has 17 heavy (non-hydrogen) atoms. The standard InChI is InChI=1S/C12H25NO4/c1-5-12(2,11(14)15)10-13(6-8-16-3)7-9-17-4/h5-10H2,1-4H3,(H,14,15). The third kappa shape index (κ3) is 6.00. The van der Waals surface area contributed by atoms with Crippen LogP contribution < -0.4 is 0 Å². The molecule has 0 heterocycles. The molecule has 0 aromatic rings. The highest BCUT2D eigenvalue weighted by Gasteiger charge is 2.33. The Morgan fingerprint density at radius 3 is 2.00 bits per heavy atom. The summed E-state index contributed by atoms with van der Waals surface area (Å²) < 4.78 is 10.1. The molecule has 1 N–H and O–H groups in total. The zero-order chi connectivity index (χ0) is 13.3. The van der Waals surface area contributed by atoms with Gasteiger partial charge in [-0.1, -0.05) is 6.92 Å². The Labute approximate surface area is 104 Å². The van der Waals surface area contributed by atoms with Crippen molar-refractivity contribution in [1.82, 2.24) is 4.90 Å².